The summed E-state index contributed by atoms with van der Waals surface area (Å²) in [7, 11) is 1.85. The van der Waals surface area contributed by atoms with Crippen LogP contribution in [0.15, 0.2) is 0 Å². The molecule has 0 radical (unpaired) electrons. The van der Waals surface area contributed by atoms with E-state index in [1.807, 2.05) is 7.05 Å². The molecule has 0 amide bonds. The molecule has 9 heavy (non-hydrogen) atoms. The van der Waals surface area contributed by atoms with Crippen LogP contribution in [0.3, 0.4) is 0 Å². The topological polar surface area (TPSA) is 26.1 Å². The standard InChI is InChI=1S/C6H15N2.K/c1-3-8-6-4-5-7-2;/h8H,3-6H2,1-2H3;/q-1;+1. The summed E-state index contributed by atoms with van der Waals surface area (Å²) in [4.78, 5) is 0. The van der Waals surface area contributed by atoms with Crippen LogP contribution in [0.4, 0.5) is 0 Å². The first-order chi connectivity index (χ1) is 3.91. The molecule has 0 aromatic carbocycles. The van der Waals surface area contributed by atoms with Crippen molar-refractivity contribution >= 4 is 0 Å². The summed E-state index contributed by atoms with van der Waals surface area (Å²) in [6.07, 6.45) is 1.17. The van der Waals surface area contributed by atoms with Crippen LogP contribution in [0.25, 0.3) is 5.32 Å². The second-order valence-corrected chi connectivity index (χ2v) is 1.75. The first kappa shape index (κ1) is 13.2. The molecule has 0 spiro atoms. The number of hydrogen-bond donors (Lipinski definition) is 1. The van der Waals surface area contributed by atoms with Gasteiger partial charge >= 0.3 is 51.4 Å². The molecule has 0 unspecified atom stereocenters. The summed E-state index contributed by atoms with van der Waals surface area (Å²) in [5, 5.41) is 7.19. The summed E-state index contributed by atoms with van der Waals surface area (Å²) >= 11 is 0. The Hall–Kier alpha value is 1.56. The zero-order valence-electron chi connectivity index (χ0n) is 6.78. The normalized spacial score (nSPS) is 8.67. The summed E-state index contributed by atoms with van der Waals surface area (Å²) in [5.74, 6) is 0. The fraction of sp³-hybridized carbons (Fsp3) is 1.00. The molecule has 0 atom stereocenters. The Morgan fingerprint density at radius 1 is 1.44 bits per heavy atom. The Labute approximate surface area is 101 Å². The van der Waals surface area contributed by atoms with Gasteiger partial charge in [0.05, 0.1) is 0 Å². The number of nitrogens with one attached hydrogen (secondary N) is 1. The maximum absolute atomic E-state index is 3.97. The van der Waals surface area contributed by atoms with E-state index in [1.54, 1.807) is 0 Å². The molecule has 50 valence electrons. The predicted octanol–water partition coefficient (Wildman–Crippen LogP) is -2.01. The Balaban J connectivity index is 0. The van der Waals surface area contributed by atoms with Gasteiger partial charge in [-0.05, 0) is 13.1 Å². The van der Waals surface area contributed by atoms with E-state index in [1.165, 1.54) is 6.42 Å². The molecule has 0 saturated heterocycles. The van der Waals surface area contributed by atoms with Crippen LogP contribution in [0.5, 0.6) is 0 Å². The number of hydrogen-bond acceptors (Lipinski definition) is 1. The fourth-order valence-corrected chi connectivity index (χ4v) is 0.539. The summed E-state index contributed by atoms with van der Waals surface area (Å²) in [5.41, 5.74) is 0. The number of rotatable bonds is 5. The van der Waals surface area contributed by atoms with Gasteiger partial charge in [-0.15, -0.1) is 6.54 Å². The van der Waals surface area contributed by atoms with E-state index in [4.69, 9.17) is 0 Å². The van der Waals surface area contributed by atoms with Crippen LogP contribution in [-0.2, 0) is 0 Å². The summed E-state index contributed by atoms with van der Waals surface area (Å²) in [6.45, 7) is 5.29. The molecule has 1 N–H and O–H groups in total. The van der Waals surface area contributed by atoms with Crippen LogP contribution in [-0.4, -0.2) is 26.7 Å². The molecule has 0 saturated carbocycles. The summed E-state index contributed by atoms with van der Waals surface area (Å²) < 4.78 is 0. The van der Waals surface area contributed by atoms with Crippen LogP contribution >= 0.6 is 0 Å². The van der Waals surface area contributed by atoms with E-state index in [0.717, 1.165) is 19.6 Å². The monoisotopic (exact) mass is 154 g/mol. The first-order valence-corrected chi connectivity index (χ1v) is 3.18. The Bertz CT molecular complexity index is 36.0. The van der Waals surface area contributed by atoms with E-state index >= 15 is 0 Å². The van der Waals surface area contributed by atoms with Gasteiger partial charge in [0.2, 0.25) is 0 Å². The van der Waals surface area contributed by atoms with E-state index < -0.39 is 0 Å². The Kier molecular flexibility index (Phi) is 17.9. The SMILES string of the molecule is CCNCCC[N-]C.[K+]. The third-order valence-corrected chi connectivity index (χ3v) is 0.985. The zero-order valence-corrected chi connectivity index (χ0v) is 9.90. The number of nitrogens with zero attached hydrogens (tertiary/aromatic N) is 1. The van der Waals surface area contributed by atoms with Crippen molar-refractivity contribution < 1.29 is 51.4 Å². The van der Waals surface area contributed by atoms with Crippen LogP contribution in [0.1, 0.15) is 13.3 Å². The third-order valence-electron chi connectivity index (χ3n) is 0.985. The van der Waals surface area contributed by atoms with Gasteiger partial charge in [0.1, 0.15) is 0 Å². The average molecular weight is 154 g/mol. The van der Waals surface area contributed by atoms with Gasteiger partial charge < -0.3 is 10.6 Å². The molecule has 0 fully saturated rings. The molecule has 0 aliphatic heterocycles. The van der Waals surface area contributed by atoms with E-state index in [0.29, 0.717) is 0 Å². The molecule has 0 bridgehead atoms. The summed E-state index contributed by atoms with van der Waals surface area (Å²) in [6, 6.07) is 0. The maximum Gasteiger partial charge on any atom is 1.00 e. The Morgan fingerprint density at radius 2 is 2.11 bits per heavy atom. The van der Waals surface area contributed by atoms with Crippen molar-refractivity contribution in [2.45, 2.75) is 13.3 Å². The van der Waals surface area contributed by atoms with Crippen molar-refractivity contribution in [2.24, 2.45) is 0 Å². The van der Waals surface area contributed by atoms with E-state index in [-0.39, 0.29) is 51.4 Å². The Morgan fingerprint density at radius 3 is 2.56 bits per heavy atom. The molecule has 0 aromatic heterocycles. The minimum atomic E-state index is 0. The van der Waals surface area contributed by atoms with Crippen molar-refractivity contribution in [3.63, 3.8) is 0 Å². The second-order valence-electron chi connectivity index (χ2n) is 1.75. The van der Waals surface area contributed by atoms with Crippen LogP contribution < -0.4 is 56.7 Å². The minimum Gasteiger partial charge on any atom is -0.665 e. The molecule has 3 heteroatoms. The maximum atomic E-state index is 3.97. The molecular formula is C6H15KN2. The van der Waals surface area contributed by atoms with Crippen molar-refractivity contribution in [3.05, 3.63) is 5.32 Å². The van der Waals surface area contributed by atoms with Crippen LogP contribution in [0, 0.1) is 0 Å². The zero-order chi connectivity index (χ0) is 6.24. The first-order valence-electron chi connectivity index (χ1n) is 3.18. The fourth-order valence-electron chi connectivity index (χ4n) is 0.539. The van der Waals surface area contributed by atoms with Crippen molar-refractivity contribution in [2.75, 3.05) is 26.7 Å². The van der Waals surface area contributed by atoms with E-state index in [2.05, 4.69) is 17.6 Å². The molecule has 0 aliphatic carbocycles. The average Bonchev–Trinajstić information content (AvgIpc) is 1.81. The van der Waals surface area contributed by atoms with E-state index in [9.17, 15) is 0 Å². The van der Waals surface area contributed by atoms with Gasteiger partial charge in [-0.2, -0.15) is 7.05 Å². The molecule has 2 nitrogen and oxygen atoms in total. The van der Waals surface area contributed by atoms with Gasteiger partial charge in [-0.25, -0.2) is 0 Å². The van der Waals surface area contributed by atoms with Crippen molar-refractivity contribution in [3.8, 4) is 0 Å². The van der Waals surface area contributed by atoms with Crippen molar-refractivity contribution in [1.29, 1.82) is 0 Å². The largest absolute Gasteiger partial charge is 1.00 e. The second kappa shape index (κ2) is 12.3. The van der Waals surface area contributed by atoms with Gasteiger partial charge in [0.15, 0.2) is 0 Å². The van der Waals surface area contributed by atoms with Gasteiger partial charge in [0.25, 0.3) is 0 Å². The van der Waals surface area contributed by atoms with Gasteiger partial charge in [-0.3, -0.25) is 0 Å². The van der Waals surface area contributed by atoms with Crippen molar-refractivity contribution in [1.82, 2.24) is 5.32 Å². The molecular weight excluding hydrogens is 139 g/mol. The van der Waals surface area contributed by atoms with Gasteiger partial charge in [-0.1, -0.05) is 13.3 Å². The van der Waals surface area contributed by atoms with Gasteiger partial charge in [0, 0.05) is 0 Å². The molecule has 0 aromatic rings. The smallest absolute Gasteiger partial charge is 0.665 e. The molecule has 0 heterocycles. The minimum absolute atomic E-state index is 0. The quantitative estimate of drug-likeness (QED) is 0.359. The molecule has 0 aliphatic rings. The predicted molar refractivity (Wildman–Crippen MR) is 37.3 cm³/mol. The van der Waals surface area contributed by atoms with Crippen LogP contribution in [0.2, 0.25) is 0 Å². The molecule has 0 rings (SSSR count). The third kappa shape index (κ3) is 12.7.